The van der Waals surface area contributed by atoms with E-state index in [1.165, 1.54) is 9.71 Å². The molecule has 0 spiro atoms. The van der Waals surface area contributed by atoms with Crippen LogP contribution in [0.1, 0.15) is 11.9 Å². The van der Waals surface area contributed by atoms with E-state index in [9.17, 15) is 0 Å². The van der Waals surface area contributed by atoms with Crippen molar-refractivity contribution in [1.29, 1.82) is 0 Å². The molecule has 0 saturated carbocycles. The third kappa shape index (κ3) is 3.51. The third-order valence-corrected chi connectivity index (χ3v) is 3.94. The third-order valence-electron chi connectivity index (χ3n) is 2.92. The zero-order valence-electron chi connectivity index (χ0n) is 11.3. The fourth-order valence-corrected chi connectivity index (χ4v) is 3.28. The van der Waals surface area contributed by atoms with E-state index in [2.05, 4.69) is 47.4 Å². The summed E-state index contributed by atoms with van der Waals surface area (Å²) in [5.41, 5.74) is 1.12. The molecule has 0 amide bonds. The highest BCUT2D eigenvalue weighted by molar-refractivity contribution is 7.18. The predicted octanol–water partition coefficient (Wildman–Crippen LogP) is 2.58. The molecule has 0 radical (unpaired) electrons. The SMILES string of the molecule is CNCC(C)CN(C)Cc1nc2ccccc2s1. The average molecular weight is 263 g/mol. The standard InChI is InChI=1S/C14H21N3S/c1-11(8-15-2)9-17(3)10-14-16-12-6-4-5-7-13(12)18-14/h4-7,11,15H,8-10H2,1-3H3. The van der Waals surface area contributed by atoms with E-state index < -0.39 is 0 Å². The summed E-state index contributed by atoms with van der Waals surface area (Å²) in [6.07, 6.45) is 0. The zero-order valence-corrected chi connectivity index (χ0v) is 12.1. The summed E-state index contributed by atoms with van der Waals surface area (Å²) >= 11 is 1.80. The molecule has 1 N–H and O–H groups in total. The Morgan fingerprint density at radius 1 is 1.39 bits per heavy atom. The topological polar surface area (TPSA) is 28.2 Å². The largest absolute Gasteiger partial charge is 0.319 e. The van der Waals surface area contributed by atoms with Gasteiger partial charge in [-0.25, -0.2) is 4.98 Å². The Balaban J connectivity index is 1.96. The molecule has 0 aliphatic heterocycles. The smallest absolute Gasteiger partial charge is 0.108 e. The highest BCUT2D eigenvalue weighted by Crippen LogP contribution is 2.22. The van der Waals surface area contributed by atoms with Crippen LogP contribution in [-0.2, 0) is 6.54 Å². The van der Waals surface area contributed by atoms with Crippen LogP contribution in [0.25, 0.3) is 10.2 Å². The molecule has 98 valence electrons. The molecule has 0 saturated heterocycles. The molecule has 18 heavy (non-hydrogen) atoms. The zero-order chi connectivity index (χ0) is 13.0. The highest BCUT2D eigenvalue weighted by atomic mass is 32.1. The lowest BCUT2D eigenvalue weighted by Crippen LogP contribution is -2.29. The average Bonchev–Trinajstić information content (AvgIpc) is 2.70. The molecule has 2 aromatic rings. The van der Waals surface area contributed by atoms with Gasteiger partial charge in [-0.3, -0.25) is 4.90 Å². The van der Waals surface area contributed by atoms with Crippen molar-refractivity contribution < 1.29 is 0 Å². The van der Waals surface area contributed by atoms with E-state index in [0.29, 0.717) is 5.92 Å². The lowest BCUT2D eigenvalue weighted by molar-refractivity contribution is 0.276. The molecule has 1 aromatic carbocycles. The summed E-state index contributed by atoms with van der Waals surface area (Å²) < 4.78 is 1.28. The number of hydrogen-bond donors (Lipinski definition) is 1. The number of benzene rings is 1. The number of fused-ring (bicyclic) bond motifs is 1. The van der Waals surface area contributed by atoms with Crippen LogP contribution in [0.15, 0.2) is 24.3 Å². The van der Waals surface area contributed by atoms with E-state index in [1.807, 2.05) is 13.1 Å². The van der Waals surface area contributed by atoms with Crippen molar-refractivity contribution in [3.05, 3.63) is 29.3 Å². The first-order chi connectivity index (χ1) is 8.69. The molecular formula is C14H21N3S. The van der Waals surface area contributed by atoms with Crippen LogP contribution in [0.4, 0.5) is 0 Å². The number of thiazole rings is 1. The van der Waals surface area contributed by atoms with Crippen molar-refractivity contribution >= 4 is 21.6 Å². The van der Waals surface area contributed by atoms with Gasteiger partial charge in [-0.05, 0) is 38.7 Å². The van der Waals surface area contributed by atoms with Crippen LogP contribution in [0.3, 0.4) is 0 Å². The molecule has 1 atom stereocenters. The first-order valence-electron chi connectivity index (χ1n) is 6.36. The number of rotatable bonds is 6. The van der Waals surface area contributed by atoms with Gasteiger partial charge in [0.25, 0.3) is 0 Å². The van der Waals surface area contributed by atoms with Gasteiger partial charge in [0.2, 0.25) is 0 Å². The van der Waals surface area contributed by atoms with E-state index in [-0.39, 0.29) is 0 Å². The van der Waals surface area contributed by atoms with Crippen molar-refractivity contribution in [3.63, 3.8) is 0 Å². The first kappa shape index (κ1) is 13.5. The number of para-hydroxylation sites is 1. The second kappa shape index (κ2) is 6.27. The van der Waals surface area contributed by atoms with Crippen LogP contribution >= 0.6 is 11.3 Å². The van der Waals surface area contributed by atoms with Gasteiger partial charge in [0, 0.05) is 6.54 Å². The summed E-state index contributed by atoms with van der Waals surface area (Å²) in [5, 5.41) is 4.42. The van der Waals surface area contributed by atoms with Crippen molar-refractivity contribution in [3.8, 4) is 0 Å². The molecule has 0 aliphatic carbocycles. The van der Waals surface area contributed by atoms with Gasteiger partial charge >= 0.3 is 0 Å². The highest BCUT2D eigenvalue weighted by Gasteiger charge is 2.09. The van der Waals surface area contributed by atoms with E-state index >= 15 is 0 Å². The molecular weight excluding hydrogens is 242 g/mol. The Morgan fingerprint density at radius 3 is 2.89 bits per heavy atom. The second-order valence-corrected chi connectivity index (χ2v) is 6.05. The van der Waals surface area contributed by atoms with Crippen molar-refractivity contribution in [2.75, 3.05) is 27.2 Å². The molecule has 2 rings (SSSR count). The van der Waals surface area contributed by atoms with Crippen LogP contribution < -0.4 is 5.32 Å². The number of hydrogen-bond acceptors (Lipinski definition) is 4. The number of nitrogens with one attached hydrogen (secondary N) is 1. The lowest BCUT2D eigenvalue weighted by atomic mass is 10.2. The van der Waals surface area contributed by atoms with Gasteiger partial charge in [-0.15, -0.1) is 11.3 Å². The maximum Gasteiger partial charge on any atom is 0.108 e. The summed E-state index contributed by atoms with van der Waals surface area (Å²) in [7, 11) is 4.17. The van der Waals surface area contributed by atoms with Gasteiger partial charge in [0.05, 0.1) is 16.8 Å². The minimum atomic E-state index is 0.661. The van der Waals surface area contributed by atoms with Crippen LogP contribution in [0.5, 0.6) is 0 Å². The molecule has 1 heterocycles. The van der Waals surface area contributed by atoms with Gasteiger partial charge in [0.1, 0.15) is 5.01 Å². The molecule has 0 bridgehead atoms. The molecule has 0 fully saturated rings. The first-order valence-corrected chi connectivity index (χ1v) is 7.18. The number of nitrogens with zero attached hydrogens (tertiary/aromatic N) is 2. The van der Waals surface area contributed by atoms with E-state index in [1.54, 1.807) is 11.3 Å². The fraction of sp³-hybridized carbons (Fsp3) is 0.500. The summed E-state index contributed by atoms with van der Waals surface area (Å²) in [6, 6.07) is 8.34. The number of aromatic nitrogens is 1. The van der Waals surface area contributed by atoms with Crippen molar-refractivity contribution in [1.82, 2.24) is 15.2 Å². The van der Waals surface area contributed by atoms with Crippen LogP contribution in [0.2, 0.25) is 0 Å². The van der Waals surface area contributed by atoms with E-state index in [4.69, 9.17) is 0 Å². The molecule has 1 unspecified atom stereocenters. The maximum atomic E-state index is 4.67. The molecule has 1 aromatic heterocycles. The Kier molecular flexibility index (Phi) is 4.69. The second-order valence-electron chi connectivity index (χ2n) is 4.93. The minimum absolute atomic E-state index is 0.661. The summed E-state index contributed by atoms with van der Waals surface area (Å²) in [5.74, 6) is 0.661. The summed E-state index contributed by atoms with van der Waals surface area (Å²) in [4.78, 5) is 7.01. The van der Waals surface area contributed by atoms with Gasteiger partial charge < -0.3 is 5.32 Å². The Hall–Kier alpha value is -0.970. The van der Waals surface area contributed by atoms with Crippen molar-refractivity contribution in [2.24, 2.45) is 5.92 Å². The fourth-order valence-electron chi connectivity index (χ4n) is 2.23. The van der Waals surface area contributed by atoms with Gasteiger partial charge in [0.15, 0.2) is 0 Å². The lowest BCUT2D eigenvalue weighted by Gasteiger charge is -2.19. The normalized spacial score (nSPS) is 13.3. The maximum absolute atomic E-state index is 4.67. The summed E-state index contributed by atoms with van der Waals surface area (Å²) in [6.45, 7) is 5.36. The Morgan fingerprint density at radius 2 is 2.17 bits per heavy atom. The van der Waals surface area contributed by atoms with Crippen LogP contribution in [0, 0.1) is 5.92 Å². The minimum Gasteiger partial charge on any atom is -0.319 e. The molecule has 0 aliphatic rings. The van der Waals surface area contributed by atoms with E-state index in [0.717, 1.165) is 25.2 Å². The van der Waals surface area contributed by atoms with Gasteiger partial charge in [-0.1, -0.05) is 19.1 Å². The monoisotopic (exact) mass is 263 g/mol. The molecule has 4 heteroatoms. The molecule has 3 nitrogen and oxygen atoms in total. The predicted molar refractivity (Wildman–Crippen MR) is 79.0 cm³/mol. The Bertz CT molecular complexity index is 461. The van der Waals surface area contributed by atoms with Crippen molar-refractivity contribution in [2.45, 2.75) is 13.5 Å². The van der Waals surface area contributed by atoms with Gasteiger partial charge in [-0.2, -0.15) is 0 Å². The van der Waals surface area contributed by atoms with Crippen LogP contribution in [-0.4, -0.2) is 37.1 Å². The quantitative estimate of drug-likeness (QED) is 0.868. The Labute approximate surface area is 113 Å².